The first-order valence-corrected chi connectivity index (χ1v) is 30.8. The zero-order valence-corrected chi connectivity index (χ0v) is 53.2. The minimum atomic E-state index is -0.0758. The maximum atomic E-state index is 10.4. The molecule has 438 valence electrons. The van der Waals surface area contributed by atoms with Gasteiger partial charge in [-0.2, -0.15) is 5.26 Å². The van der Waals surface area contributed by atoms with Gasteiger partial charge in [-0.1, -0.05) is 180 Å². The fourth-order valence-corrected chi connectivity index (χ4v) is 12.5. The Kier molecular flexibility index (Phi) is 14.2. The third-order valence-electron chi connectivity index (χ3n) is 17.7. The number of nitriles is 1. The van der Waals surface area contributed by atoms with Crippen molar-refractivity contribution in [2.45, 2.75) is 105 Å². The Balaban J connectivity index is 1.07. The molecule has 3 heterocycles. The summed E-state index contributed by atoms with van der Waals surface area (Å²) in [5, 5.41) is 15.1. The molecule has 8 nitrogen and oxygen atoms in total. The summed E-state index contributed by atoms with van der Waals surface area (Å²) in [4.78, 5) is 24.1. The van der Waals surface area contributed by atoms with Gasteiger partial charge in [-0.3, -0.25) is 0 Å². The maximum absolute atomic E-state index is 10.4. The molecule has 0 saturated heterocycles. The van der Waals surface area contributed by atoms with Crippen molar-refractivity contribution in [2.75, 3.05) is 0 Å². The molecule has 0 spiro atoms. The molecule has 0 aliphatic rings. The van der Waals surface area contributed by atoms with E-state index in [0.29, 0.717) is 34.4 Å². The van der Waals surface area contributed by atoms with Crippen molar-refractivity contribution in [3.8, 4) is 85.0 Å². The highest BCUT2D eigenvalue weighted by atomic mass is 15.0. The Morgan fingerprint density at radius 1 is 0.344 bits per heavy atom. The molecule has 0 N–H and O–H groups in total. The minimum absolute atomic E-state index is 0.0744. The standard InChI is InChI=1S/C82H70N8/c1-79(2,3)57-30-36-72-65(45-57)66-46-58(80(4,5)6)31-37-73(66)89(72)70-34-28-55(43-63(70)51-21-17-20-50(40-51)49-83)77-86-76(54-24-18-22-52(41-54)62-26-15-16-27-69(62)85-14)87-78(88-77)56-29-35-71(64(44-56)53-23-19-25-61(42-53)84-13)90-74-38-32-59(81(7,8)9)47-67(74)68-48-60(82(10,11)12)33-39-75(68)90/h15-48H,1-12H3. The number of rotatable bonds is 8. The lowest BCUT2D eigenvalue weighted by Crippen LogP contribution is -2.10. The third kappa shape index (κ3) is 10.6. The molecular weight excluding hydrogens is 1100 g/mol. The molecule has 0 aliphatic heterocycles. The molecule has 0 aliphatic carbocycles. The monoisotopic (exact) mass is 1170 g/mol. The van der Waals surface area contributed by atoms with Crippen LogP contribution in [0.25, 0.3) is 132 Å². The number of para-hydroxylation sites is 1. The summed E-state index contributed by atoms with van der Waals surface area (Å²) in [6.45, 7) is 43.4. The number of fused-ring (bicyclic) bond motifs is 6. The molecule has 90 heavy (non-hydrogen) atoms. The van der Waals surface area contributed by atoms with Crippen molar-refractivity contribution in [3.05, 3.63) is 257 Å². The topological polar surface area (TPSA) is 81.0 Å². The van der Waals surface area contributed by atoms with Crippen LogP contribution in [-0.2, 0) is 21.7 Å². The van der Waals surface area contributed by atoms with Crippen molar-refractivity contribution < 1.29 is 0 Å². The summed E-state index contributed by atoms with van der Waals surface area (Å²) < 4.78 is 4.74. The predicted molar refractivity (Wildman–Crippen MR) is 373 cm³/mol. The first-order chi connectivity index (χ1) is 43.0. The highest BCUT2D eigenvalue weighted by molar-refractivity contribution is 6.12. The van der Waals surface area contributed by atoms with Crippen LogP contribution in [0.5, 0.6) is 0 Å². The Labute approximate surface area is 528 Å². The van der Waals surface area contributed by atoms with E-state index in [1.807, 2.05) is 78.9 Å². The Hall–Kier alpha value is -10.7. The number of hydrogen-bond acceptors (Lipinski definition) is 4. The van der Waals surface area contributed by atoms with Crippen LogP contribution in [0.3, 0.4) is 0 Å². The summed E-state index contributed by atoms with van der Waals surface area (Å²) in [5.41, 5.74) is 20.0. The molecule has 0 unspecified atom stereocenters. The van der Waals surface area contributed by atoms with Gasteiger partial charge in [0.25, 0.3) is 0 Å². The smallest absolute Gasteiger partial charge is 0.194 e. The van der Waals surface area contributed by atoms with Gasteiger partial charge >= 0.3 is 0 Å². The first kappa shape index (κ1) is 58.3. The van der Waals surface area contributed by atoms with E-state index in [9.17, 15) is 5.26 Å². The second-order valence-electron chi connectivity index (χ2n) is 27.9. The fourth-order valence-electron chi connectivity index (χ4n) is 12.5. The highest BCUT2D eigenvalue weighted by Gasteiger charge is 2.27. The zero-order chi connectivity index (χ0) is 63.2. The molecule has 3 aromatic heterocycles. The van der Waals surface area contributed by atoms with Gasteiger partial charge in [-0.15, -0.1) is 0 Å². The van der Waals surface area contributed by atoms with Gasteiger partial charge in [-0.05, 0) is 175 Å². The Morgan fingerprint density at radius 3 is 1.13 bits per heavy atom. The van der Waals surface area contributed by atoms with E-state index in [0.717, 1.165) is 83.5 Å². The van der Waals surface area contributed by atoms with E-state index in [4.69, 9.17) is 28.1 Å². The van der Waals surface area contributed by atoms with Gasteiger partial charge in [0.15, 0.2) is 28.8 Å². The predicted octanol–water partition coefficient (Wildman–Crippen LogP) is 22.2. The summed E-state index contributed by atoms with van der Waals surface area (Å²) in [6.07, 6.45) is 0. The third-order valence-corrected chi connectivity index (χ3v) is 17.7. The fraction of sp³-hybridized carbons (Fsp3) is 0.195. The molecular formula is C82H70N8. The zero-order valence-electron chi connectivity index (χ0n) is 53.2. The van der Waals surface area contributed by atoms with Crippen molar-refractivity contribution in [1.82, 2.24) is 24.1 Å². The average Bonchev–Trinajstić information content (AvgIpc) is 1.58. The van der Waals surface area contributed by atoms with Gasteiger partial charge in [0.05, 0.1) is 58.2 Å². The largest absolute Gasteiger partial charge is 0.309 e. The maximum Gasteiger partial charge on any atom is 0.194 e. The SMILES string of the molecule is [C-]#[N+]c1cccc(-c2cc(-c3nc(-c4cccc(-c5ccccc5[N+]#[C-])c4)nc(-c4ccc(-n5c6ccc(C(C)(C)C)cc6c6cc(C(C)(C)C)ccc65)c(-c5cccc(C#N)c5)c4)n3)ccc2-n2c3ccc(C(C)(C)C)cc3c3cc(C(C)(C)C)ccc32)c1. The molecule has 8 heteroatoms. The number of benzene rings is 10. The van der Waals surface area contributed by atoms with E-state index in [-0.39, 0.29) is 21.7 Å². The van der Waals surface area contributed by atoms with Crippen molar-refractivity contribution in [2.24, 2.45) is 0 Å². The molecule has 0 fully saturated rings. The normalized spacial score (nSPS) is 12.2. The van der Waals surface area contributed by atoms with Crippen LogP contribution in [0, 0.1) is 24.5 Å². The van der Waals surface area contributed by atoms with Gasteiger partial charge in [0, 0.05) is 49.4 Å². The van der Waals surface area contributed by atoms with E-state index >= 15 is 0 Å². The lowest BCUT2D eigenvalue weighted by atomic mass is 9.85. The van der Waals surface area contributed by atoms with Crippen molar-refractivity contribution in [1.29, 1.82) is 5.26 Å². The van der Waals surface area contributed by atoms with Gasteiger partial charge in [-0.25, -0.2) is 24.6 Å². The number of nitrogens with zero attached hydrogens (tertiary/aromatic N) is 8. The molecule has 13 rings (SSSR count). The molecule has 0 radical (unpaired) electrons. The second-order valence-corrected chi connectivity index (χ2v) is 27.9. The quantitative estimate of drug-likeness (QED) is 0.142. The lowest BCUT2D eigenvalue weighted by Gasteiger charge is -2.20. The van der Waals surface area contributed by atoms with E-state index < -0.39 is 0 Å². The lowest BCUT2D eigenvalue weighted by molar-refractivity contribution is 0.590. The van der Waals surface area contributed by atoms with Gasteiger partial charge in [0.1, 0.15) is 0 Å². The number of aromatic nitrogens is 5. The van der Waals surface area contributed by atoms with Crippen molar-refractivity contribution in [3.63, 3.8) is 0 Å². The van der Waals surface area contributed by atoms with Crippen LogP contribution in [0.15, 0.2) is 206 Å². The first-order valence-electron chi connectivity index (χ1n) is 30.8. The summed E-state index contributed by atoms with van der Waals surface area (Å²) in [5.74, 6) is 1.35. The van der Waals surface area contributed by atoms with Crippen LogP contribution < -0.4 is 0 Å². The van der Waals surface area contributed by atoms with Gasteiger partial charge in [0.2, 0.25) is 0 Å². The Morgan fingerprint density at radius 2 is 0.722 bits per heavy atom. The van der Waals surface area contributed by atoms with Crippen LogP contribution in [0.1, 0.15) is 111 Å². The average molecular weight is 1170 g/mol. The second kappa shape index (κ2) is 21.8. The molecule has 10 aromatic carbocycles. The van der Waals surface area contributed by atoms with Crippen LogP contribution in [-0.4, -0.2) is 24.1 Å². The van der Waals surface area contributed by atoms with Crippen LogP contribution in [0.2, 0.25) is 0 Å². The van der Waals surface area contributed by atoms with Gasteiger partial charge < -0.3 is 9.13 Å². The summed E-state index contributed by atoms with van der Waals surface area (Å²) >= 11 is 0. The molecule has 0 atom stereocenters. The van der Waals surface area contributed by atoms with E-state index in [1.165, 1.54) is 43.8 Å². The molecule has 0 saturated carbocycles. The Bertz CT molecular complexity index is 4800. The van der Waals surface area contributed by atoms with E-state index in [1.54, 1.807) is 0 Å². The number of hydrogen-bond donors (Lipinski definition) is 0. The van der Waals surface area contributed by atoms with Crippen molar-refractivity contribution >= 4 is 55.0 Å². The molecule has 13 aromatic rings. The van der Waals surface area contributed by atoms with E-state index in [2.05, 4.69) is 235 Å². The molecule has 0 bridgehead atoms. The highest BCUT2D eigenvalue weighted by Crippen LogP contribution is 2.45. The van der Waals surface area contributed by atoms with Crippen LogP contribution in [0.4, 0.5) is 11.4 Å². The minimum Gasteiger partial charge on any atom is -0.309 e. The summed E-state index contributed by atoms with van der Waals surface area (Å²) in [7, 11) is 0. The molecule has 0 amide bonds. The summed E-state index contributed by atoms with van der Waals surface area (Å²) in [6, 6.07) is 74.2. The van der Waals surface area contributed by atoms with Crippen LogP contribution >= 0.6 is 0 Å².